The normalized spacial score (nSPS) is 23.1. The topological polar surface area (TPSA) is 16.1 Å². The molecule has 3 aromatic rings. The van der Waals surface area contributed by atoms with Gasteiger partial charge in [0.1, 0.15) is 0 Å². The zero-order valence-corrected chi connectivity index (χ0v) is 29.9. The minimum absolute atomic E-state index is 0.771. The van der Waals surface area contributed by atoms with Crippen LogP contribution >= 0.6 is 19.4 Å². The number of para-hydroxylation sites is 1. The first-order valence-corrected chi connectivity index (χ1v) is 21.5. The fourth-order valence-corrected chi connectivity index (χ4v) is 8.72. The molecule has 0 amide bonds. The summed E-state index contributed by atoms with van der Waals surface area (Å²) in [7, 11) is 11.7. The number of pyridine rings is 1. The van der Waals surface area contributed by atoms with Crippen molar-refractivity contribution in [3.8, 4) is 0 Å². The number of hydrogen-bond acceptors (Lipinski definition) is 2. The second-order valence-electron chi connectivity index (χ2n) is 12.5. The molecule has 7 rings (SSSR count). The van der Waals surface area contributed by atoms with Crippen molar-refractivity contribution in [1.29, 1.82) is 0 Å². The average Bonchev–Trinajstić information content (AvgIpc) is 3.84. The predicted molar refractivity (Wildman–Crippen MR) is 191 cm³/mol. The fraction of sp³-hybridized carbons (Fsp3) is 0.410. The average molecular weight is 718 g/mol. The number of allylic oxidation sites excluding steroid dienone is 4. The van der Waals surface area contributed by atoms with E-state index in [1.165, 1.54) is 80.3 Å². The van der Waals surface area contributed by atoms with E-state index in [-0.39, 0.29) is 0 Å². The van der Waals surface area contributed by atoms with E-state index in [4.69, 9.17) is 19.4 Å². The Kier molecular flexibility index (Phi) is 13.9. The molecule has 2 saturated carbocycles. The summed E-state index contributed by atoms with van der Waals surface area (Å²) in [5.41, 5.74) is 7.60. The first-order chi connectivity index (χ1) is 21.3. The summed E-state index contributed by atoms with van der Waals surface area (Å²) in [5.74, 6) is 3.52. The number of benzene rings is 2. The molecule has 0 radical (unpaired) electrons. The van der Waals surface area contributed by atoms with E-state index < -0.39 is 13.5 Å². The van der Waals surface area contributed by atoms with Crippen LogP contribution in [0.2, 0.25) is 0 Å². The summed E-state index contributed by atoms with van der Waals surface area (Å²) in [6.07, 6.45) is 21.6. The first kappa shape index (κ1) is 34.8. The van der Waals surface area contributed by atoms with Crippen LogP contribution in [0.3, 0.4) is 0 Å². The number of fused-ring (bicyclic) bond motifs is 3. The summed E-state index contributed by atoms with van der Waals surface area (Å²) in [5, 5.41) is 1.12. The fourth-order valence-electron chi connectivity index (χ4n) is 6.92. The number of hydrogen-bond donors (Lipinski definition) is 0. The van der Waals surface area contributed by atoms with E-state index in [2.05, 4.69) is 86.8 Å². The van der Waals surface area contributed by atoms with Gasteiger partial charge in [-0.15, -0.1) is 13.2 Å². The molecule has 2 nitrogen and oxygen atoms in total. The second kappa shape index (κ2) is 17.6. The molecule has 238 valence electrons. The molecule has 5 heteroatoms. The van der Waals surface area contributed by atoms with Crippen molar-refractivity contribution < 1.29 is 13.5 Å². The third-order valence-corrected chi connectivity index (χ3v) is 10.9. The number of aromatic nitrogens is 1. The van der Waals surface area contributed by atoms with Gasteiger partial charge in [-0.1, -0.05) is 48.4 Å². The number of nitrogens with zero attached hydrogens (tertiary/aromatic N) is 2. The molecule has 3 fully saturated rings. The van der Waals surface area contributed by atoms with Gasteiger partial charge in [-0.3, -0.25) is 0 Å². The molecule has 1 aromatic heterocycles. The van der Waals surface area contributed by atoms with E-state index in [9.17, 15) is 0 Å². The zero-order valence-electron chi connectivity index (χ0n) is 26.7. The molecule has 4 aliphatic rings. The van der Waals surface area contributed by atoms with Crippen molar-refractivity contribution in [2.24, 2.45) is 23.7 Å². The summed E-state index contributed by atoms with van der Waals surface area (Å²) < 4.78 is 1.92. The van der Waals surface area contributed by atoms with E-state index >= 15 is 0 Å². The van der Waals surface area contributed by atoms with Gasteiger partial charge >= 0.3 is 95.5 Å². The summed E-state index contributed by atoms with van der Waals surface area (Å²) in [6, 6.07) is 14.5. The molecule has 2 bridgehead atoms. The molecule has 1 aliphatic heterocycles. The summed E-state index contributed by atoms with van der Waals surface area (Å²) in [6.45, 7) is 17.6. The molecule has 0 N–H and O–H groups in total. The maximum atomic E-state index is 5.84. The summed E-state index contributed by atoms with van der Waals surface area (Å²) >= 11 is -1.76. The monoisotopic (exact) mass is 717 g/mol. The van der Waals surface area contributed by atoms with Crippen LogP contribution in [0.4, 0.5) is 5.69 Å². The molecule has 1 saturated heterocycles. The number of halogens is 2. The van der Waals surface area contributed by atoms with Crippen LogP contribution in [0.5, 0.6) is 0 Å². The van der Waals surface area contributed by atoms with Gasteiger partial charge in [-0.25, -0.2) is 6.54 Å². The minimum atomic E-state index is -1.76. The van der Waals surface area contributed by atoms with Crippen molar-refractivity contribution in [3.05, 3.63) is 115 Å². The van der Waals surface area contributed by atoms with Gasteiger partial charge in [0.05, 0.1) is 0 Å². The molecular formula is C39H49Cl2N2Ru-. The quantitative estimate of drug-likeness (QED) is 0.152. The van der Waals surface area contributed by atoms with Crippen LogP contribution < -0.4 is 4.90 Å². The number of rotatable bonds is 4. The van der Waals surface area contributed by atoms with Gasteiger partial charge in [0, 0.05) is 5.69 Å². The Balaban J connectivity index is 0.000000138. The van der Waals surface area contributed by atoms with Crippen LogP contribution in [0.15, 0.2) is 86.1 Å². The van der Waals surface area contributed by atoms with E-state index in [0.29, 0.717) is 0 Å². The Bertz CT molecular complexity index is 1400. The van der Waals surface area contributed by atoms with E-state index in [1.54, 1.807) is 6.20 Å². The van der Waals surface area contributed by atoms with Gasteiger partial charge in [0.2, 0.25) is 0 Å². The Hall–Kier alpha value is -2.06. The standard InChI is InChI=1S/C13H18N.C10H7N.C9H14.C7H10.2ClH.Ru/c1-10-8-11(2)13(12(3)9-10)14-6-4-5-7-14;1-8-4-2-5-9-6-3-7-11-10(8)9;1-3-8-5-6-9(4-2)7-8;1-2-7-4-3-6(1)5-7;;;/h6,8-9H,4-5,7H2,1-3H3;1-7H;3-4,8-9H,1-2,5-7H2;1-2,6-7H,3-5H2;2*1H;/q-1;;;;;;+2/p-2. The maximum absolute atomic E-state index is 5.84. The van der Waals surface area contributed by atoms with Crippen LogP contribution in [0.1, 0.15) is 73.6 Å². The van der Waals surface area contributed by atoms with Gasteiger partial charge in [0.15, 0.2) is 0 Å². The Morgan fingerprint density at radius 3 is 2.00 bits per heavy atom. The van der Waals surface area contributed by atoms with Crippen molar-refractivity contribution >= 4 is 40.6 Å². The van der Waals surface area contributed by atoms with E-state index in [1.807, 2.05) is 34.9 Å². The SMILES string of the molecule is C1=CC2CCC1C2.C=CC1CCC(C=C)C1.Cc1cc(C)c(N2[CH-]CCC2)c(C)c1.[Cl][Ru]([Cl])=[CH]c1cccc2cccnc12. The molecule has 2 heterocycles. The second-order valence-corrected chi connectivity index (χ2v) is 18.2. The van der Waals surface area contributed by atoms with Gasteiger partial charge in [-0.2, -0.15) is 6.42 Å². The van der Waals surface area contributed by atoms with Crippen molar-refractivity contribution in [1.82, 2.24) is 4.98 Å². The van der Waals surface area contributed by atoms with Crippen LogP contribution in [0.25, 0.3) is 10.9 Å². The molecule has 0 spiro atoms. The zero-order chi connectivity index (χ0) is 31.5. The van der Waals surface area contributed by atoms with Crippen LogP contribution in [0, 0.1) is 51.0 Å². The van der Waals surface area contributed by atoms with Gasteiger partial charge in [0.25, 0.3) is 0 Å². The number of anilines is 1. The van der Waals surface area contributed by atoms with Gasteiger partial charge < -0.3 is 4.90 Å². The molecule has 3 aliphatic carbocycles. The van der Waals surface area contributed by atoms with Crippen molar-refractivity contribution in [3.63, 3.8) is 0 Å². The summed E-state index contributed by atoms with van der Waals surface area (Å²) in [4.78, 5) is 6.72. The predicted octanol–water partition coefficient (Wildman–Crippen LogP) is 11.4. The molecule has 4 atom stereocenters. The Labute approximate surface area is 279 Å². The first-order valence-electron chi connectivity index (χ1n) is 16.1. The van der Waals surface area contributed by atoms with Crippen molar-refractivity contribution in [2.75, 3.05) is 11.4 Å². The van der Waals surface area contributed by atoms with Crippen LogP contribution in [-0.2, 0) is 13.5 Å². The third-order valence-electron chi connectivity index (χ3n) is 9.08. The molecule has 44 heavy (non-hydrogen) atoms. The Morgan fingerprint density at radius 2 is 1.52 bits per heavy atom. The van der Waals surface area contributed by atoms with E-state index in [0.717, 1.165) is 40.1 Å². The molecule has 2 aromatic carbocycles. The molecule has 4 unspecified atom stereocenters. The Morgan fingerprint density at radius 1 is 0.886 bits per heavy atom. The molecular weight excluding hydrogens is 668 g/mol. The number of aryl methyl sites for hydroxylation is 3. The van der Waals surface area contributed by atoms with Crippen LogP contribution in [-0.4, -0.2) is 16.1 Å². The third kappa shape index (κ3) is 10.2. The van der Waals surface area contributed by atoms with Gasteiger partial charge in [-0.05, 0) is 101 Å². The van der Waals surface area contributed by atoms with Crippen molar-refractivity contribution in [2.45, 2.75) is 72.1 Å².